The minimum Gasteiger partial charge on any atom is -0.497 e. The summed E-state index contributed by atoms with van der Waals surface area (Å²) in [5.74, 6) is 0.844. The van der Waals surface area contributed by atoms with Crippen LogP contribution in [0.2, 0.25) is 0 Å². The first-order chi connectivity index (χ1) is 8.08. The topological polar surface area (TPSA) is 38.5 Å². The van der Waals surface area contributed by atoms with Crippen molar-refractivity contribution in [1.29, 1.82) is 0 Å². The lowest BCUT2D eigenvalue weighted by molar-refractivity contribution is 0.237. The van der Waals surface area contributed by atoms with Crippen molar-refractivity contribution in [2.45, 2.75) is 26.4 Å². The Balaban J connectivity index is 2.87. The normalized spacial score (nSPS) is 10.9. The van der Waals surface area contributed by atoms with Crippen LogP contribution in [0.3, 0.4) is 0 Å². The van der Waals surface area contributed by atoms with E-state index < -0.39 is 0 Å². The summed E-state index contributed by atoms with van der Waals surface area (Å²) in [6.07, 6.45) is 1.91. The maximum atomic E-state index is 5.98. The summed E-state index contributed by atoms with van der Waals surface area (Å²) in [5, 5.41) is 0. The van der Waals surface area contributed by atoms with E-state index in [0.29, 0.717) is 6.04 Å². The predicted octanol–water partition coefficient (Wildman–Crippen LogP) is 2.67. The first kappa shape index (κ1) is 13.6. The lowest BCUT2D eigenvalue weighted by Gasteiger charge is -2.25. The molecule has 0 atom stereocenters. The molecule has 1 aromatic rings. The van der Waals surface area contributed by atoms with Gasteiger partial charge in [0.05, 0.1) is 7.11 Å². The number of methoxy groups -OCH3 is 1. The van der Waals surface area contributed by atoms with Gasteiger partial charge in [-0.2, -0.15) is 0 Å². The SMILES string of the molecule is C=CCN(Cc1cc(OC)ccc1N)C(C)C. The molecule has 0 aromatic heterocycles. The minimum absolute atomic E-state index is 0.457. The van der Waals surface area contributed by atoms with Crippen LogP contribution in [0.15, 0.2) is 30.9 Å². The Kier molecular flexibility index (Phi) is 5.04. The van der Waals surface area contributed by atoms with Gasteiger partial charge in [-0.25, -0.2) is 0 Å². The van der Waals surface area contributed by atoms with Gasteiger partial charge < -0.3 is 10.5 Å². The van der Waals surface area contributed by atoms with Crippen molar-refractivity contribution >= 4 is 5.69 Å². The van der Waals surface area contributed by atoms with Gasteiger partial charge in [0.1, 0.15) is 5.75 Å². The number of benzene rings is 1. The number of hydrogen-bond acceptors (Lipinski definition) is 3. The molecule has 0 bridgehead atoms. The lowest BCUT2D eigenvalue weighted by atomic mass is 10.1. The van der Waals surface area contributed by atoms with E-state index in [2.05, 4.69) is 25.3 Å². The third-order valence-electron chi connectivity index (χ3n) is 2.82. The van der Waals surface area contributed by atoms with E-state index in [1.54, 1.807) is 7.11 Å². The summed E-state index contributed by atoms with van der Waals surface area (Å²) in [7, 11) is 1.67. The highest BCUT2D eigenvalue weighted by molar-refractivity contribution is 5.50. The minimum atomic E-state index is 0.457. The van der Waals surface area contributed by atoms with Crippen LogP contribution in [0, 0.1) is 0 Å². The fourth-order valence-electron chi connectivity index (χ4n) is 1.69. The van der Waals surface area contributed by atoms with Crippen LogP contribution in [0.4, 0.5) is 5.69 Å². The largest absolute Gasteiger partial charge is 0.497 e. The smallest absolute Gasteiger partial charge is 0.119 e. The Labute approximate surface area is 104 Å². The molecule has 17 heavy (non-hydrogen) atoms. The van der Waals surface area contributed by atoms with Gasteiger partial charge in [0.2, 0.25) is 0 Å². The maximum Gasteiger partial charge on any atom is 0.119 e. The van der Waals surface area contributed by atoms with Crippen molar-refractivity contribution in [2.24, 2.45) is 0 Å². The number of anilines is 1. The molecule has 3 nitrogen and oxygen atoms in total. The average molecular weight is 234 g/mol. The second-order valence-corrected chi connectivity index (χ2v) is 4.38. The van der Waals surface area contributed by atoms with Crippen LogP contribution >= 0.6 is 0 Å². The molecule has 2 N–H and O–H groups in total. The third kappa shape index (κ3) is 3.79. The third-order valence-corrected chi connectivity index (χ3v) is 2.82. The Morgan fingerprint density at radius 1 is 1.47 bits per heavy atom. The highest BCUT2D eigenvalue weighted by atomic mass is 16.5. The summed E-state index contributed by atoms with van der Waals surface area (Å²) in [6.45, 7) is 9.78. The van der Waals surface area contributed by atoms with Crippen LogP contribution < -0.4 is 10.5 Å². The van der Waals surface area contributed by atoms with Crippen LogP contribution in [-0.4, -0.2) is 24.6 Å². The van der Waals surface area contributed by atoms with E-state index in [1.807, 2.05) is 24.3 Å². The van der Waals surface area contributed by atoms with E-state index in [4.69, 9.17) is 10.5 Å². The zero-order valence-electron chi connectivity index (χ0n) is 10.9. The summed E-state index contributed by atoms with van der Waals surface area (Å²) < 4.78 is 5.22. The molecule has 0 aliphatic carbocycles. The van der Waals surface area contributed by atoms with Gasteiger partial charge in [-0.1, -0.05) is 6.08 Å². The van der Waals surface area contributed by atoms with Crippen molar-refractivity contribution in [3.8, 4) is 5.75 Å². The molecule has 0 radical (unpaired) electrons. The summed E-state index contributed by atoms with van der Waals surface area (Å²) in [4.78, 5) is 2.30. The van der Waals surface area contributed by atoms with Gasteiger partial charge in [0, 0.05) is 24.8 Å². The van der Waals surface area contributed by atoms with Crippen molar-refractivity contribution in [3.63, 3.8) is 0 Å². The van der Waals surface area contributed by atoms with Gasteiger partial charge in [-0.3, -0.25) is 4.90 Å². The number of nitrogens with two attached hydrogens (primary N) is 1. The molecule has 1 aromatic carbocycles. The van der Waals surface area contributed by atoms with Gasteiger partial charge in [0.25, 0.3) is 0 Å². The second kappa shape index (κ2) is 6.30. The Morgan fingerprint density at radius 2 is 2.18 bits per heavy atom. The molecule has 0 aliphatic rings. The highest BCUT2D eigenvalue weighted by Crippen LogP contribution is 2.21. The quantitative estimate of drug-likeness (QED) is 0.607. The number of hydrogen-bond donors (Lipinski definition) is 1. The van der Waals surface area contributed by atoms with E-state index in [-0.39, 0.29) is 0 Å². The fraction of sp³-hybridized carbons (Fsp3) is 0.429. The lowest BCUT2D eigenvalue weighted by Crippen LogP contribution is -2.30. The first-order valence-electron chi connectivity index (χ1n) is 5.85. The van der Waals surface area contributed by atoms with E-state index in [0.717, 1.165) is 30.1 Å². The van der Waals surface area contributed by atoms with E-state index in [1.165, 1.54) is 0 Å². The van der Waals surface area contributed by atoms with Crippen LogP contribution in [0.5, 0.6) is 5.75 Å². The summed E-state index contributed by atoms with van der Waals surface area (Å²) >= 11 is 0. The molecule has 3 heteroatoms. The van der Waals surface area contributed by atoms with Gasteiger partial charge in [-0.05, 0) is 37.6 Å². The van der Waals surface area contributed by atoms with Gasteiger partial charge in [-0.15, -0.1) is 6.58 Å². The van der Waals surface area contributed by atoms with Crippen molar-refractivity contribution in [2.75, 3.05) is 19.4 Å². The molecular formula is C14H22N2O. The molecule has 0 fully saturated rings. The van der Waals surface area contributed by atoms with Crippen LogP contribution in [0.25, 0.3) is 0 Å². The fourth-order valence-corrected chi connectivity index (χ4v) is 1.69. The van der Waals surface area contributed by atoms with Gasteiger partial charge in [0.15, 0.2) is 0 Å². The van der Waals surface area contributed by atoms with Crippen molar-refractivity contribution < 1.29 is 4.74 Å². The number of nitrogens with zero attached hydrogens (tertiary/aromatic N) is 1. The Hall–Kier alpha value is -1.48. The molecule has 1 rings (SSSR count). The summed E-state index contributed by atoms with van der Waals surface area (Å²) in [6, 6.07) is 6.22. The number of rotatable bonds is 6. The molecule has 0 saturated heterocycles. The molecule has 0 unspecified atom stereocenters. The highest BCUT2D eigenvalue weighted by Gasteiger charge is 2.10. The second-order valence-electron chi connectivity index (χ2n) is 4.38. The molecular weight excluding hydrogens is 212 g/mol. The monoisotopic (exact) mass is 234 g/mol. The molecule has 0 heterocycles. The van der Waals surface area contributed by atoms with Gasteiger partial charge >= 0.3 is 0 Å². The Morgan fingerprint density at radius 3 is 2.71 bits per heavy atom. The summed E-state index contributed by atoms with van der Waals surface area (Å²) in [5.41, 5.74) is 7.88. The number of nitrogen functional groups attached to an aromatic ring is 1. The molecule has 94 valence electrons. The first-order valence-corrected chi connectivity index (χ1v) is 5.85. The molecule has 0 amide bonds. The van der Waals surface area contributed by atoms with Crippen molar-refractivity contribution in [3.05, 3.63) is 36.4 Å². The van der Waals surface area contributed by atoms with Crippen molar-refractivity contribution in [1.82, 2.24) is 4.90 Å². The van der Waals surface area contributed by atoms with Crippen LogP contribution in [-0.2, 0) is 6.54 Å². The maximum absolute atomic E-state index is 5.98. The molecule has 0 aliphatic heterocycles. The van der Waals surface area contributed by atoms with Crippen LogP contribution in [0.1, 0.15) is 19.4 Å². The Bertz CT molecular complexity index is 374. The zero-order chi connectivity index (χ0) is 12.8. The molecule has 0 saturated carbocycles. The average Bonchev–Trinajstić information content (AvgIpc) is 2.31. The van der Waals surface area contributed by atoms with E-state index >= 15 is 0 Å². The number of ether oxygens (including phenoxy) is 1. The molecule has 0 spiro atoms. The zero-order valence-corrected chi connectivity index (χ0v) is 10.9. The van der Waals surface area contributed by atoms with E-state index in [9.17, 15) is 0 Å². The standard InChI is InChI=1S/C14H22N2O/c1-5-8-16(11(2)3)10-12-9-13(17-4)6-7-14(12)15/h5-7,9,11H,1,8,10,15H2,2-4H3. The predicted molar refractivity (Wildman–Crippen MR) is 73.1 cm³/mol.